The monoisotopic (exact) mass is 415 g/mol. The van der Waals surface area contributed by atoms with E-state index in [1.165, 1.54) is 11.8 Å². The van der Waals surface area contributed by atoms with Crippen LogP contribution < -0.4 is 5.32 Å². The van der Waals surface area contributed by atoms with Gasteiger partial charge in [0.15, 0.2) is 5.16 Å². The third-order valence-electron chi connectivity index (χ3n) is 3.93. The van der Waals surface area contributed by atoms with Gasteiger partial charge < -0.3 is 14.6 Å². The first kappa shape index (κ1) is 19.4. The van der Waals surface area contributed by atoms with Gasteiger partial charge in [0.25, 0.3) is 0 Å². The van der Waals surface area contributed by atoms with E-state index in [0.29, 0.717) is 20.9 Å². The van der Waals surface area contributed by atoms with E-state index in [-0.39, 0.29) is 11.7 Å². The van der Waals surface area contributed by atoms with Crippen LogP contribution in [0, 0.1) is 0 Å². The number of halogens is 2. The Balaban J connectivity index is 1.52. The van der Waals surface area contributed by atoms with Crippen LogP contribution in [0.4, 0.5) is 5.69 Å². The minimum atomic E-state index is -0.147. The van der Waals surface area contributed by atoms with Crippen molar-refractivity contribution >= 4 is 46.6 Å². The molecular weight excluding hydrogens is 397 g/mol. The Kier molecular flexibility index (Phi) is 6.77. The number of benzene rings is 1. The summed E-state index contributed by atoms with van der Waals surface area (Å²) >= 11 is 13.2. The zero-order valence-corrected chi connectivity index (χ0v) is 16.6. The second kappa shape index (κ2) is 9.05. The fourth-order valence-corrected chi connectivity index (χ4v) is 3.50. The van der Waals surface area contributed by atoms with Crippen molar-refractivity contribution in [2.75, 3.05) is 37.4 Å². The van der Waals surface area contributed by atoms with Crippen LogP contribution in [-0.2, 0) is 23.1 Å². The topological polar surface area (TPSA) is 72.3 Å². The maximum Gasteiger partial charge on any atom is 0.234 e. The molecule has 2 heterocycles. The third kappa shape index (κ3) is 5.11. The zero-order chi connectivity index (χ0) is 18.5. The molecule has 0 unspecified atom stereocenters. The second-order valence-corrected chi connectivity index (χ2v) is 7.57. The molecule has 0 bridgehead atoms. The molecule has 140 valence electrons. The van der Waals surface area contributed by atoms with Crippen molar-refractivity contribution in [3.8, 4) is 0 Å². The van der Waals surface area contributed by atoms with Gasteiger partial charge in [0, 0.05) is 25.8 Å². The van der Waals surface area contributed by atoms with E-state index in [0.717, 1.165) is 38.7 Å². The van der Waals surface area contributed by atoms with Gasteiger partial charge in [0.1, 0.15) is 5.82 Å². The first-order valence-corrected chi connectivity index (χ1v) is 9.83. The van der Waals surface area contributed by atoms with Crippen LogP contribution in [0.1, 0.15) is 5.82 Å². The molecule has 1 aliphatic rings. The first-order valence-electron chi connectivity index (χ1n) is 8.09. The lowest BCUT2D eigenvalue weighted by Crippen LogP contribution is -2.36. The van der Waals surface area contributed by atoms with Crippen molar-refractivity contribution in [2.24, 2.45) is 7.05 Å². The Morgan fingerprint density at radius 3 is 2.77 bits per heavy atom. The molecular formula is C16H19Cl2N5O2S. The van der Waals surface area contributed by atoms with Crippen molar-refractivity contribution in [2.45, 2.75) is 11.7 Å². The summed E-state index contributed by atoms with van der Waals surface area (Å²) in [4.78, 5) is 14.4. The van der Waals surface area contributed by atoms with Crippen LogP contribution in [0.5, 0.6) is 0 Å². The van der Waals surface area contributed by atoms with Gasteiger partial charge in [-0.1, -0.05) is 35.0 Å². The summed E-state index contributed by atoms with van der Waals surface area (Å²) in [7, 11) is 1.91. The molecule has 1 amide bonds. The SMILES string of the molecule is Cn1c(CN2CCOCC2)nnc1SCC(=O)Nc1ccc(Cl)c(Cl)c1. The predicted molar refractivity (Wildman–Crippen MR) is 103 cm³/mol. The van der Waals surface area contributed by atoms with E-state index < -0.39 is 0 Å². The highest BCUT2D eigenvalue weighted by Crippen LogP contribution is 2.25. The van der Waals surface area contributed by atoms with Crippen LogP contribution in [0.25, 0.3) is 0 Å². The highest BCUT2D eigenvalue weighted by molar-refractivity contribution is 7.99. The molecule has 0 saturated carbocycles. The van der Waals surface area contributed by atoms with Crippen molar-refractivity contribution < 1.29 is 9.53 Å². The molecule has 1 aromatic heterocycles. The van der Waals surface area contributed by atoms with E-state index in [1.807, 2.05) is 11.6 Å². The lowest BCUT2D eigenvalue weighted by atomic mass is 10.3. The molecule has 0 atom stereocenters. The van der Waals surface area contributed by atoms with Crippen LogP contribution in [0.2, 0.25) is 10.0 Å². The van der Waals surface area contributed by atoms with E-state index >= 15 is 0 Å². The summed E-state index contributed by atoms with van der Waals surface area (Å²) in [5.74, 6) is 0.953. The average Bonchev–Trinajstić information content (AvgIpc) is 2.97. The fraction of sp³-hybridized carbons (Fsp3) is 0.438. The number of nitrogens with one attached hydrogen (secondary N) is 1. The van der Waals surface area contributed by atoms with Gasteiger partial charge >= 0.3 is 0 Å². The minimum Gasteiger partial charge on any atom is -0.379 e. The third-order valence-corrected chi connectivity index (χ3v) is 5.69. The number of nitrogens with zero attached hydrogens (tertiary/aromatic N) is 4. The maximum absolute atomic E-state index is 12.1. The smallest absolute Gasteiger partial charge is 0.234 e. The van der Waals surface area contributed by atoms with Gasteiger partial charge in [-0.3, -0.25) is 9.69 Å². The van der Waals surface area contributed by atoms with Crippen molar-refractivity contribution in [3.05, 3.63) is 34.1 Å². The number of thioether (sulfide) groups is 1. The Hall–Kier alpha value is -1.32. The maximum atomic E-state index is 12.1. The highest BCUT2D eigenvalue weighted by atomic mass is 35.5. The van der Waals surface area contributed by atoms with Crippen LogP contribution in [-0.4, -0.2) is 57.6 Å². The van der Waals surface area contributed by atoms with Gasteiger partial charge in [0.05, 0.1) is 35.6 Å². The summed E-state index contributed by atoms with van der Waals surface area (Å²) in [6.45, 7) is 3.99. The molecule has 0 spiro atoms. The van der Waals surface area contributed by atoms with Gasteiger partial charge in [0.2, 0.25) is 5.91 Å². The molecule has 1 N–H and O–H groups in total. The second-order valence-electron chi connectivity index (χ2n) is 5.81. The zero-order valence-electron chi connectivity index (χ0n) is 14.2. The summed E-state index contributed by atoms with van der Waals surface area (Å²) in [6.07, 6.45) is 0. The number of aromatic nitrogens is 3. The van der Waals surface area contributed by atoms with E-state index in [4.69, 9.17) is 27.9 Å². The molecule has 0 radical (unpaired) electrons. The number of ether oxygens (including phenoxy) is 1. The molecule has 2 aromatic rings. The van der Waals surface area contributed by atoms with Crippen molar-refractivity contribution in [1.29, 1.82) is 0 Å². The minimum absolute atomic E-state index is 0.147. The number of carbonyl (C=O) groups is 1. The fourth-order valence-electron chi connectivity index (χ4n) is 2.47. The van der Waals surface area contributed by atoms with E-state index in [9.17, 15) is 4.79 Å². The molecule has 1 fully saturated rings. The molecule has 10 heteroatoms. The number of hydrogen-bond donors (Lipinski definition) is 1. The Bertz CT molecular complexity index is 780. The molecule has 26 heavy (non-hydrogen) atoms. The number of hydrogen-bond acceptors (Lipinski definition) is 6. The first-order chi connectivity index (χ1) is 12.5. The molecule has 1 aliphatic heterocycles. The van der Waals surface area contributed by atoms with Crippen LogP contribution in [0.15, 0.2) is 23.4 Å². The molecule has 0 aliphatic carbocycles. The number of rotatable bonds is 6. The number of anilines is 1. The molecule has 7 nitrogen and oxygen atoms in total. The van der Waals surface area contributed by atoms with Gasteiger partial charge in [-0.05, 0) is 18.2 Å². The lowest BCUT2D eigenvalue weighted by molar-refractivity contribution is -0.113. The Labute approximate surface area is 166 Å². The van der Waals surface area contributed by atoms with E-state index in [1.54, 1.807) is 18.2 Å². The number of carbonyl (C=O) groups excluding carboxylic acids is 1. The Morgan fingerprint density at radius 2 is 2.04 bits per heavy atom. The highest BCUT2D eigenvalue weighted by Gasteiger charge is 2.16. The quantitative estimate of drug-likeness (QED) is 0.731. The molecule has 1 saturated heterocycles. The normalized spacial score (nSPS) is 15.2. The Morgan fingerprint density at radius 1 is 1.27 bits per heavy atom. The molecule has 1 aromatic carbocycles. The van der Waals surface area contributed by atoms with Gasteiger partial charge in [-0.25, -0.2) is 0 Å². The summed E-state index contributed by atoms with van der Waals surface area (Å²) in [5, 5.41) is 12.8. The molecule has 3 rings (SSSR count). The van der Waals surface area contributed by atoms with Crippen LogP contribution >= 0.6 is 35.0 Å². The van der Waals surface area contributed by atoms with Crippen LogP contribution in [0.3, 0.4) is 0 Å². The van der Waals surface area contributed by atoms with Gasteiger partial charge in [-0.15, -0.1) is 10.2 Å². The van der Waals surface area contributed by atoms with Crippen molar-refractivity contribution in [3.63, 3.8) is 0 Å². The van der Waals surface area contributed by atoms with E-state index in [2.05, 4.69) is 20.4 Å². The number of amides is 1. The largest absolute Gasteiger partial charge is 0.379 e. The lowest BCUT2D eigenvalue weighted by Gasteiger charge is -2.25. The summed E-state index contributed by atoms with van der Waals surface area (Å²) in [6, 6.07) is 4.97. The predicted octanol–water partition coefficient (Wildman–Crippen LogP) is 2.68. The number of morpholine rings is 1. The summed E-state index contributed by atoms with van der Waals surface area (Å²) < 4.78 is 7.28. The van der Waals surface area contributed by atoms with Crippen molar-refractivity contribution in [1.82, 2.24) is 19.7 Å². The average molecular weight is 416 g/mol. The standard InChI is InChI=1S/C16H19Cl2N5O2S/c1-22-14(9-23-4-6-25-7-5-23)20-21-16(22)26-10-15(24)19-11-2-3-12(17)13(18)8-11/h2-3,8H,4-7,9-10H2,1H3,(H,19,24). The van der Waals surface area contributed by atoms with Gasteiger partial charge in [-0.2, -0.15) is 0 Å². The summed E-state index contributed by atoms with van der Waals surface area (Å²) in [5.41, 5.74) is 0.607.